The molecule has 0 bridgehead atoms. The second-order valence-electron chi connectivity index (χ2n) is 3.04. The molecule has 0 aromatic heterocycles. The van der Waals surface area contributed by atoms with Crippen LogP contribution in [0.1, 0.15) is 12.8 Å². The van der Waals surface area contributed by atoms with Crippen molar-refractivity contribution >= 4 is 20.4 Å². The number of nitrogens with zero attached hydrogens (tertiary/aromatic N) is 1. The van der Waals surface area contributed by atoms with Crippen LogP contribution in [-0.2, 0) is 4.74 Å². The first-order valence-corrected chi connectivity index (χ1v) is 7.27. The summed E-state index contributed by atoms with van der Waals surface area (Å²) in [5, 5.41) is 1.10. The van der Waals surface area contributed by atoms with Crippen LogP contribution in [0.3, 0.4) is 0 Å². The molecule has 1 aliphatic heterocycles. The Morgan fingerprint density at radius 2 is 2.15 bits per heavy atom. The number of rotatable bonds is 4. The quantitative estimate of drug-likeness (QED) is 0.545. The number of amides is 1. The molecular formula is C9H17AsNO2. The number of morpholine rings is 1. The van der Waals surface area contributed by atoms with Crippen molar-refractivity contribution in [3.8, 4) is 0 Å². The first-order valence-electron chi connectivity index (χ1n) is 4.74. The van der Waals surface area contributed by atoms with Gasteiger partial charge in [-0.1, -0.05) is 0 Å². The Morgan fingerprint density at radius 3 is 2.77 bits per heavy atom. The topological polar surface area (TPSA) is 29.5 Å². The molecule has 1 saturated heterocycles. The Balaban J connectivity index is 2.13. The molecule has 0 aromatic carbocycles. The van der Waals surface area contributed by atoms with Crippen molar-refractivity contribution in [3.63, 3.8) is 0 Å². The maximum atomic E-state index is 11.6. The summed E-state index contributed by atoms with van der Waals surface area (Å²) in [6.45, 7) is 6.80. The molecule has 1 radical (unpaired) electrons. The molecule has 1 unspecified atom stereocenters. The summed E-state index contributed by atoms with van der Waals surface area (Å²) in [5.41, 5.74) is 0. The van der Waals surface area contributed by atoms with E-state index in [1.807, 2.05) is 4.90 Å². The van der Waals surface area contributed by atoms with E-state index in [4.69, 9.17) is 4.74 Å². The summed E-state index contributed by atoms with van der Waals surface area (Å²) in [4.78, 5) is 13.5. The van der Waals surface area contributed by atoms with Gasteiger partial charge in [-0.3, -0.25) is 0 Å². The van der Waals surface area contributed by atoms with Crippen molar-refractivity contribution in [3.05, 3.63) is 6.92 Å². The van der Waals surface area contributed by atoms with Gasteiger partial charge in [-0.05, 0) is 0 Å². The van der Waals surface area contributed by atoms with Crippen LogP contribution in [0.4, 0.5) is 4.79 Å². The zero-order chi connectivity index (χ0) is 9.52. The third kappa shape index (κ3) is 4.14. The van der Waals surface area contributed by atoms with E-state index in [0.29, 0.717) is 17.9 Å². The Hall–Kier alpha value is -0.0116. The van der Waals surface area contributed by atoms with Gasteiger partial charge in [-0.25, -0.2) is 0 Å². The number of hydrogen-bond acceptors (Lipinski definition) is 2. The number of carbonyl (C=O) groups excluding carboxylic acids is 1. The first-order chi connectivity index (χ1) is 6.34. The van der Waals surface area contributed by atoms with E-state index in [9.17, 15) is 4.79 Å². The summed E-state index contributed by atoms with van der Waals surface area (Å²) >= 11 is -0.408. The summed E-state index contributed by atoms with van der Waals surface area (Å²) in [7, 11) is 0. The second-order valence-corrected chi connectivity index (χ2v) is 5.73. The molecule has 0 spiro atoms. The molecule has 1 aliphatic rings. The molecule has 75 valence electrons. The molecule has 0 aromatic rings. The molecule has 1 atom stereocenters. The molecule has 13 heavy (non-hydrogen) atoms. The third-order valence-corrected chi connectivity index (χ3v) is 4.57. The van der Waals surface area contributed by atoms with E-state index in [2.05, 4.69) is 6.92 Å². The Kier molecular flexibility index (Phi) is 5.48. The van der Waals surface area contributed by atoms with Crippen molar-refractivity contribution in [1.29, 1.82) is 0 Å². The van der Waals surface area contributed by atoms with Gasteiger partial charge >= 0.3 is 86.2 Å². The van der Waals surface area contributed by atoms with E-state index in [1.165, 1.54) is 0 Å². The number of carbonyl (C=O) groups is 1. The van der Waals surface area contributed by atoms with Gasteiger partial charge in [-0.15, -0.1) is 0 Å². The standard InChI is InChI=1S/C9H17AsNO2/c1-2-3-4-10-9(12)11-5-7-13-8-6-11/h10H,1-8H2. The fourth-order valence-corrected chi connectivity index (χ4v) is 3.48. The second kappa shape index (κ2) is 6.44. The van der Waals surface area contributed by atoms with Crippen LogP contribution in [0.5, 0.6) is 0 Å². The predicted molar refractivity (Wildman–Crippen MR) is 54.3 cm³/mol. The van der Waals surface area contributed by atoms with Gasteiger partial charge in [0.25, 0.3) is 0 Å². The molecule has 1 amide bonds. The van der Waals surface area contributed by atoms with Crippen LogP contribution >= 0.6 is 0 Å². The maximum absolute atomic E-state index is 11.6. The third-order valence-electron chi connectivity index (χ3n) is 2.00. The fourth-order valence-electron chi connectivity index (χ4n) is 1.20. The minimum absolute atomic E-state index is 0.400. The van der Waals surface area contributed by atoms with E-state index >= 15 is 0 Å². The monoisotopic (exact) mass is 246 g/mol. The van der Waals surface area contributed by atoms with Crippen LogP contribution in [0.25, 0.3) is 0 Å². The minimum atomic E-state index is -0.408. The fraction of sp³-hybridized carbons (Fsp3) is 0.778. The number of unbranched alkanes of at least 4 members (excludes halogenated alkanes) is 1. The van der Waals surface area contributed by atoms with Gasteiger partial charge in [0, 0.05) is 0 Å². The van der Waals surface area contributed by atoms with Crippen molar-refractivity contribution in [2.45, 2.75) is 18.1 Å². The van der Waals surface area contributed by atoms with Crippen LogP contribution in [0.15, 0.2) is 0 Å². The molecule has 1 fully saturated rings. The van der Waals surface area contributed by atoms with E-state index in [1.54, 1.807) is 0 Å². The normalized spacial score (nSPS) is 18.4. The van der Waals surface area contributed by atoms with Crippen molar-refractivity contribution in [2.75, 3.05) is 26.3 Å². The Bertz CT molecular complexity index is 158. The van der Waals surface area contributed by atoms with Gasteiger partial charge in [-0.2, -0.15) is 0 Å². The van der Waals surface area contributed by atoms with E-state index in [0.717, 1.165) is 31.1 Å². The molecule has 0 saturated carbocycles. The molecule has 4 heteroatoms. The first kappa shape index (κ1) is 11.1. The molecule has 1 rings (SSSR count). The molecule has 0 aliphatic carbocycles. The number of ether oxygens (including phenoxy) is 1. The summed E-state index contributed by atoms with van der Waals surface area (Å²) < 4.78 is 5.59. The average Bonchev–Trinajstić information content (AvgIpc) is 2.19. The van der Waals surface area contributed by atoms with Crippen molar-refractivity contribution in [1.82, 2.24) is 4.90 Å². The summed E-state index contributed by atoms with van der Waals surface area (Å²) in [6, 6.07) is 0. The number of hydrogen-bond donors (Lipinski definition) is 0. The van der Waals surface area contributed by atoms with Crippen molar-refractivity contribution < 1.29 is 9.53 Å². The summed E-state index contributed by atoms with van der Waals surface area (Å²) in [6.07, 6.45) is 2.07. The van der Waals surface area contributed by atoms with Crippen LogP contribution < -0.4 is 0 Å². The molecule has 0 N–H and O–H groups in total. The van der Waals surface area contributed by atoms with Crippen LogP contribution in [-0.4, -0.2) is 51.7 Å². The zero-order valence-electron chi connectivity index (χ0n) is 7.92. The Morgan fingerprint density at radius 1 is 1.46 bits per heavy atom. The van der Waals surface area contributed by atoms with Gasteiger partial charge in [0.2, 0.25) is 0 Å². The SMILES string of the molecule is [CH2]CCC[AsH]C(=O)N1CCOCC1. The molecule has 3 nitrogen and oxygen atoms in total. The van der Waals surface area contributed by atoms with Crippen molar-refractivity contribution in [2.24, 2.45) is 0 Å². The van der Waals surface area contributed by atoms with E-state index < -0.39 is 15.8 Å². The molecular weight excluding hydrogens is 229 g/mol. The summed E-state index contributed by atoms with van der Waals surface area (Å²) in [5.74, 6) is 0. The van der Waals surface area contributed by atoms with Gasteiger partial charge in [0.05, 0.1) is 0 Å². The predicted octanol–water partition coefficient (Wildman–Crippen LogP) is 0.908. The zero-order valence-corrected chi connectivity index (χ0v) is 10.0. The van der Waals surface area contributed by atoms with Gasteiger partial charge in [0.1, 0.15) is 0 Å². The average molecular weight is 246 g/mol. The van der Waals surface area contributed by atoms with Crippen LogP contribution in [0, 0.1) is 6.92 Å². The van der Waals surface area contributed by atoms with E-state index in [-0.39, 0.29) is 0 Å². The van der Waals surface area contributed by atoms with Crippen LogP contribution in [0.2, 0.25) is 5.21 Å². The van der Waals surface area contributed by atoms with Gasteiger partial charge < -0.3 is 0 Å². The van der Waals surface area contributed by atoms with Gasteiger partial charge in [0.15, 0.2) is 0 Å². The Labute approximate surface area is 86.5 Å². The molecule has 1 heterocycles.